The van der Waals surface area contributed by atoms with E-state index in [-0.39, 0.29) is 12.1 Å². The van der Waals surface area contributed by atoms with Gasteiger partial charge < -0.3 is 14.5 Å². The zero-order chi connectivity index (χ0) is 23.3. The summed E-state index contributed by atoms with van der Waals surface area (Å²) in [5.41, 5.74) is 1.58. The number of hydrogen-bond acceptors (Lipinski definition) is 6. The van der Waals surface area contributed by atoms with Gasteiger partial charge in [0, 0.05) is 49.2 Å². The quantitative estimate of drug-likeness (QED) is 0.550. The van der Waals surface area contributed by atoms with Crippen molar-refractivity contribution in [3.05, 3.63) is 41.4 Å². The number of piperazine rings is 1. The van der Waals surface area contributed by atoms with Crippen LogP contribution < -0.4 is 4.90 Å². The van der Waals surface area contributed by atoms with Gasteiger partial charge in [-0.2, -0.15) is 0 Å². The number of pyridine rings is 1. The minimum atomic E-state index is -0.507. The molecule has 5 rings (SSSR count). The van der Waals surface area contributed by atoms with Crippen LogP contribution in [0.15, 0.2) is 30.9 Å². The summed E-state index contributed by atoms with van der Waals surface area (Å²) in [6.07, 6.45) is 7.53. The minimum absolute atomic E-state index is 0.0871. The summed E-state index contributed by atoms with van der Waals surface area (Å²) in [6, 6.07) is 3.70. The molecule has 0 N–H and O–H groups in total. The summed E-state index contributed by atoms with van der Waals surface area (Å²) >= 11 is 6.24. The lowest BCUT2D eigenvalue weighted by molar-refractivity contribution is 0.0218. The molecule has 33 heavy (non-hydrogen) atoms. The number of fused-ring (bicyclic) bond motifs is 1. The van der Waals surface area contributed by atoms with E-state index in [1.165, 1.54) is 18.4 Å². The van der Waals surface area contributed by atoms with E-state index in [4.69, 9.17) is 21.3 Å². The Morgan fingerprint density at radius 1 is 1.18 bits per heavy atom. The molecule has 4 heterocycles. The number of halogens is 1. The summed E-state index contributed by atoms with van der Waals surface area (Å²) in [7, 11) is 0. The normalized spacial score (nSPS) is 19.2. The Hall–Kier alpha value is -2.87. The van der Waals surface area contributed by atoms with E-state index in [1.807, 2.05) is 31.4 Å². The Kier molecular flexibility index (Phi) is 5.43. The molecule has 0 spiro atoms. The fourth-order valence-corrected chi connectivity index (χ4v) is 4.61. The van der Waals surface area contributed by atoms with Crippen LogP contribution in [0.25, 0.3) is 16.9 Å². The number of aromatic nitrogens is 4. The van der Waals surface area contributed by atoms with Crippen LogP contribution >= 0.6 is 11.6 Å². The average Bonchev–Trinajstić information content (AvgIpc) is 3.52. The van der Waals surface area contributed by atoms with Gasteiger partial charge in [-0.3, -0.25) is 4.57 Å². The maximum absolute atomic E-state index is 12.6. The maximum atomic E-state index is 12.6. The smallest absolute Gasteiger partial charge is 0.410 e. The third kappa shape index (κ3) is 4.36. The average molecular weight is 469 g/mol. The van der Waals surface area contributed by atoms with E-state index < -0.39 is 5.60 Å². The Balaban J connectivity index is 1.50. The Morgan fingerprint density at radius 2 is 1.97 bits per heavy atom. The Labute approximate surface area is 198 Å². The summed E-state index contributed by atoms with van der Waals surface area (Å²) < 4.78 is 7.59. The van der Waals surface area contributed by atoms with E-state index in [1.54, 1.807) is 23.5 Å². The van der Waals surface area contributed by atoms with Crippen LogP contribution in [0.3, 0.4) is 0 Å². The molecule has 2 fully saturated rings. The molecule has 1 saturated heterocycles. The molecular formula is C24H29ClN6O2. The van der Waals surface area contributed by atoms with Crippen LogP contribution in [0, 0.1) is 0 Å². The molecule has 174 valence electrons. The van der Waals surface area contributed by atoms with Crippen LogP contribution in [0.4, 0.5) is 10.6 Å². The molecule has 1 saturated carbocycles. The van der Waals surface area contributed by atoms with Gasteiger partial charge >= 0.3 is 6.09 Å². The molecular weight excluding hydrogens is 440 g/mol. The third-order valence-electron chi connectivity index (χ3n) is 6.12. The lowest BCUT2D eigenvalue weighted by Gasteiger charge is -2.41. The van der Waals surface area contributed by atoms with Crippen molar-refractivity contribution >= 4 is 34.5 Å². The van der Waals surface area contributed by atoms with Crippen LogP contribution in [0.5, 0.6) is 0 Å². The number of carbonyl (C=O) groups excluding carboxylic acids is 1. The van der Waals surface area contributed by atoms with Gasteiger partial charge in [0.15, 0.2) is 5.65 Å². The van der Waals surface area contributed by atoms with E-state index >= 15 is 0 Å². The summed E-state index contributed by atoms with van der Waals surface area (Å²) in [6.45, 7) is 9.63. The van der Waals surface area contributed by atoms with Crippen molar-refractivity contribution in [3.63, 3.8) is 0 Å². The van der Waals surface area contributed by atoms with Crippen LogP contribution in [0.2, 0.25) is 5.02 Å². The number of amides is 1. The number of anilines is 1. The monoisotopic (exact) mass is 468 g/mol. The fraction of sp³-hybridized carbons (Fsp3) is 0.500. The maximum Gasteiger partial charge on any atom is 0.410 e. The highest BCUT2D eigenvalue weighted by atomic mass is 35.5. The molecule has 0 aromatic carbocycles. The number of rotatable bonds is 3. The van der Waals surface area contributed by atoms with Gasteiger partial charge in [-0.25, -0.2) is 19.7 Å². The molecule has 1 aliphatic heterocycles. The molecule has 0 bridgehead atoms. The van der Waals surface area contributed by atoms with E-state index in [0.29, 0.717) is 30.6 Å². The van der Waals surface area contributed by atoms with Gasteiger partial charge in [0.1, 0.15) is 23.6 Å². The van der Waals surface area contributed by atoms with E-state index in [0.717, 1.165) is 22.7 Å². The van der Waals surface area contributed by atoms with Gasteiger partial charge in [0.25, 0.3) is 0 Å². The molecule has 1 aliphatic carbocycles. The van der Waals surface area contributed by atoms with Gasteiger partial charge in [-0.1, -0.05) is 11.6 Å². The van der Waals surface area contributed by atoms with Crippen molar-refractivity contribution in [2.75, 3.05) is 24.5 Å². The van der Waals surface area contributed by atoms with E-state index in [9.17, 15) is 4.79 Å². The first-order chi connectivity index (χ1) is 15.7. The molecule has 2 aliphatic rings. The fourth-order valence-electron chi connectivity index (χ4n) is 4.46. The molecule has 8 nitrogen and oxygen atoms in total. The first-order valence-corrected chi connectivity index (χ1v) is 11.8. The molecule has 0 radical (unpaired) electrons. The molecule has 1 atom stereocenters. The largest absolute Gasteiger partial charge is 0.444 e. The summed E-state index contributed by atoms with van der Waals surface area (Å²) in [5, 5.41) is 1.70. The zero-order valence-electron chi connectivity index (χ0n) is 19.5. The second-order valence-corrected chi connectivity index (χ2v) is 10.4. The zero-order valence-corrected chi connectivity index (χ0v) is 20.2. The minimum Gasteiger partial charge on any atom is -0.444 e. The van der Waals surface area contributed by atoms with E-state index in [2.05, 4.69) is 28.0 Å². The summed E-state index contributed by atoms with van der Waals surface area (Å²) in [5.74, 6) is 2.17. The van der Waals surface area contributed by atoms with Crippen molar-refractivity contribution in [3.8, 4) is 5.82 Å². The Bertz CT molecular complexity index is 1200. The molecule has 3 aromatic heterocycles. The van der Waals surface area contributed by atoms with Crippen LogP contribution in [-0.4, -0.2) is 61.8 Å². The standard InChI is InChI=1S/C24H29ClN6O2/c1-15-12-29(23(32)33-24(2,3)4)9-10-30(15)21-20-18(16-5-6-16)13-31(22(20)28-14-27-21)19-11-17(25)7-8-26-19/h7-8,11,13-16H,5-6,9-10,12H2,1-4H3. The highest BCUT2D eigenvalue weighted by Crippen LogP contribution is 2.46. The van der Waals surface area contributed by atoms with Crippen LogP contribution in [0.1, 0.15) is 52.0 Å². The highest BCUT2D eigenvalue weighted by Gasteiger charge is 2.34. The van der Waals surface area contributed by atoms with Gasteiger partial charge in [0.2, 0.25) is 0 Å². The molecule has 3 aromatic rings. The van der Waals surface area contributed by atoms with Crippen molar-refractivity contribution < 1.29 is 9.53 Å². The number of hydrogen-bond donors (Lipinski definition) is 0. The van der Waals surface area contributed by atoms with Crippen molar-refractivity contribution in [2.24, 2.45) is 0 Å². The number of carbonyl (C=O) groups is 1. The highest BCUT2D eigenvalue weighted by molar-refractivity contribution is 6.30. The lowest BCUT2D eigenvalue weighted by atomic mass is 10.1. The topological polar surface area (TPSA) is 76.4 Å². The molecule has 1 unspecified atom stereocenters. The summed E-state index contributed by atoms with van der Waals surface area (Å²) in [4.78, 5) is 30.5. The van der Waals surface area contributed by atoms with Gasteiger partial charge in [-0.15, -0.1) is 0 Å². The number of ether oxygens (including phenoxy) is 1. The predicted octanol–water partition coefficient (Wildman–Crippen LogP) is 4.79. The van der Waals surface area contributed by atoms with Gasteiger partial charge in [-0.05, 0) is 58.1 Å². The Morgan fingerprint density at radius 3 is 2.64 bits per heavy atom. The second-order valence-electron chi connectivity index (χ2n) is 9.93. The SMILES string of the molecule is CC1CN(C(=O)OC(C)(C)C)CCN1c1ncnc2c1c(C1CC1)cn2-c1cc(Cl)ccn1. The molecule has 9 heteroatoms. The van der Waals surface area contributed by atoms with Crippen molar-refractivity contribution in [1.82, 2.24) is 24.4 Å². The van der Waals surface area contributed by atoms with Crippen molar-refractivity contribution in [2.45, 2.75) is 58.1 Å². The van der Waals surface area contributed by atoms with Crippen LogP contribution in [-0.2, 0) is 4.74 Å². The lowest BCUT2D eigenvalue weighted by Crippen LogP contribution is -2.54. The number of nitrogens with zero attached hydrogens (tertiary/aromatic N) is 6. The first-order valence-electron chi connectivity index (χ1n) is 11.4. The third-order valence-corrected chi connectivity index (χ3v) is 6.35. The first kappa shape index (κ1) is 21.9. The van der Waals surface area contributed by atoms with Gasteiger partial charge in [0.05, 0.1) is 5.39 Å². The predicted molar refractivity (Wildman–Crippen MR) is 128 cm³/mol. The van der Waals surface area contributed by atoms with Crippen molar-refractivity contribution in [1.29, 1.82) is 0 Å². The second kappa shape index (κ2) is 8.17. The molecule has 1 amide bonds.